The molecule has 0 saturated carbocycles. The van der Waals surface area contributed by atoms with E-state index in [1.807, 2.05) is 13.8 Å². The van der Waals surface area contributed by atoms with E-state index < -0.39 is 0 Å². The summed E-state index contributed by atoms with van der Waals surface area (Å²) in [6, 6.07) is 2.32. The average Bonchev–Trinajstić information content (AvgIpc) is 3.11. The molecule has 0 aromatic carbocycles. The second-order valence-corrected chi connectivity index (χ2v) is 6.79. The summed E-state index contributed by atoms with van der Waals surface area (Å²) < 4.78 is 0. The Balaban J connectivity index is 1.69. The first-order chi connectivity index (χ1) is 10.1. The van der Waals surface area contributed by atoms with Crippen LogP contribution in [0, 0.1) is 0 Å². The molecule has 0 radical (unpaired) electrons. The molecule has 21 heavy (non-hydrogen) atoms. The van der Waals surface area contributed by atoms with Gasteiger partial charge < -0.3 is 4.90 Å². The molecule has 3 rings (SSSR count). The number of carbonyl (C=O) groups excluding carboxylic acids is 2. The highest BCUT2D eigenvalue weighted by atomic mass is 32.1. The van der Waals surface area contributed by atoms with Gasteiger partial charge in [0.1, 0.15) is 6.54 Å². The summed E-state index contributed by atoms with van der Waals surface area (Å²) in [4.78, 5) is 29.7. The quantitative estimate of drug-likeness (QED) is 0.803. The number of thiophene rings is 1. The zero-order valence-corrected chi connectivity index (χ0v) is 13.3. The van der Waals surface area contributed by atoms with Gasteiger partial charge in [-0.3, -0.25) is 14.6 Å². The molecule has 1 aromatic heterocycles. The first-order valence-electron chi connectivity index (χ1n) is 7.45. The van der Waals surface area contributed by atoms with Crippen molar-refractivity contribution in [2.75, 3.05) is 19.8 Å². The molecule has 3 heterocycles. The van der Waals surface area contributed by atoms with Gasteiger partial charge in [-0.2, -0.15) is 11.3 Å². The summed E-state index contributed by atoms with van der Waals surface area (Å²) in [6.07, 6.45) is 2.27. The topological polar surface area (TPSA) is 43.9 Å². The van der Waals surface area contributed by atoms with Crippen molar-refractivity contribution in [1.29, 1.82) is 0 Å². The van der Waals surface area contributed by atoms with Crippen LogP contribution >= 0.6 is 11.3 Å². The van der Waals surface area contributed by atoms with Crippen molar-refractivity contribution < 1.29 is 9.59 Å². The Labute approximate surface area is 129 Å². The molecule has 114 valence electrons. The molecule has 2 fully saturated rings. The number of likely N-dealkylation sites (tertiary alicyclic amines) is 1. The molecule has 0 bridgehead atoms. The van der Waals surface area contributed by atoms with Crippen LogP contribution in [0.2, 0.25) is 0 Å². The summed E-state index contributed by atoms with van der Waals surface area (Å²) >= 11 is 1.71. The van der Waals surface area contributed by atoms with Crippen molar-refractivity contribution in [2.24, 2.45) is 0 Å². The highest BCUT2D eigenvalue weighted by molar-refractivity contribution is 7.07. The van der Waals surface area contributed by atoms with Crippen LogP contribution < -0.4 is 0 Å². The van der Waals surface area contributed by atoms with Crippen LogP contribution in [0.25, 0.3) is 0 Å². The van der Waals surface area contributed by atoms with Crippen LogP contribution in [0.15, 0.2) is 16.8 Å². The van der Waals surface area contributed by atoms with E-state index in [9.17, 15) is 9.59 Å². The summed E-state index contributed by atoms with van der Waals surface area (Å²) in [5, 5.41) is 4.28. The lowest BCUT2D eigenvalue weighted by Gasteiger charge is -2.28. The number of hydrogen-bond donors (Lipinski definition) is 0. The minimum atomic E-state index is -0.147. The predicted octanol–water partition coefficient (Wildman–Crippen LogP) is 2.52. The van der Waals surface area contributed by atoms with Gasteiger partial charge in [0.2, 0.25) is 0 Å². The molecular formula is C15H21N3O2S. The third-order valence-electron chi connectivity index (χ3n) is 4.23. The summed E-state index contributed by atoms with van der Waals surface area (Å²) in [5.74, 6) is -0.0821. The van der Waals surface area contributed by atoms with E-state index in [2.05, 4.69) is 21.7 Å². The van der Waals surface area contributed by atoms with Gasteiger partial charge in [0.05, 0.1) is 6.67 Å². The van der Waals surface area contributed by atoms with Crippen LogP contribution in [0.1, 0.15) is 38.3 Å². The van der Waals surface area contributed by atoms with Crippen molar-refractivity contribution >= 4 is 23.3 Å². The molecule has 5 nitrogen and oxygen atoms in total. The van der Waals surface area contributed by atoms with Gasteiger partial charge >= 0.3 is 6.03 Å². The minimum absolute atomic E-state index is 0.0683. The Hall–Kier alpha value is -1.40. The number of nitrogens with zero attached hydrogens (tertiary/aromatic N) is 3. The maximum Gasteiger partial charge on any atom is 0.328 e. The zero-order chi connectivity index (χ0) is 15.0. The Kier molecular flexibility index (Phi) is 3.99. The smallest absolute Gasteiger partial charge is 0.302 e. The molecule has 1 aromatic rings. The van der Waals surface area contributed by atoms with E-state index in [0.29, 0.717) is 12.7 Å². The fraction of sp³-hybridized carbons (Fsp3) is 0.600. The number of imide groups is 1. The number of carbonyl (C=O) groups is 2. The summed E-state index contributed by atoms with van der Waals surface area (Å²) in [5.41, 5.74) is 1.33. The maximum absolute atomic E-state index is 12.3. The molecule has 2 aliphatic heterocycles. The SMILES string of the molecule is CC(C)N1C(=O)CN(CN2CCCC2c2ccsc2)C1=O. The fourth-order valence-electron chi connectivity index (χ4n) is 3.24. The second kappa shape index (κ2) is 5.77. The molecule has 2 aliphatic rings. The van der Waals surface area contributed by atoms with E-state index in [-0.39, 0.29) is 24.5 Å². The lowest BCUT2D eigenvalue weighted by molar-refractivity contribution is -0.126. The monoisotopic (exact) mass is 307 g/mol. The van der Waals surface area contributed by atoms with Crippen molar-refractivity contribution in [3.63, 3.8) is 0 Å². The van der Waals surface area contributed by atoms with Crippen molar-refractivity contribution in [3.05, 3.63) is 22.4 Å². The number of rotatable bonds is 4. The molecule has 0 N–H and O–H groups in total. The molecule has 6 heteroatoms. The van der Waals surface area contributed by atoms with Crippen molar-refractivity contribution in [1.82, 2.24) is 14.7 Å². The van der Waals surface area contributed by atoms with E-state index in [4.69, 9.17) is 0 Å². The van der Waals surface area contributed by atoms with Gasteiger partial charge in [0.25, 0.3) is 5.91 Å². The molecule has 3 amide bonds. The summed E-state index contributed by atoms with van der Waals surface area (Å²) in [7, 11) is 0. The highest BCUT2D eigenvalue weighted by Gasteiger charge is 2.39. The largest absolute Gasteiger partial charge is 0.328 e. The molecular weight excluding hydrogens is 286 g/mol. The molecule has 1 unspecified atom stereocenters. The third kappa shape index (κ3) is 2.70. The third-order valence-corrected chi connectivity index (χ3v) is 4.93. The fourth-order valence-corrected chi connectivity index (χ4v) is 3.95. The molecule has 0 spiro atoms. The van der Waals surface area contributed by atoms with Gasteiger partial charge in [-0.25, -0.2) is 4.79 Å². The van der Waals surface area contributed by atoms with E-state index in [1.54, 1.807) is 16.2 Å². The van der Waals surface area contributed by atoms with Gasteiger partial charge in [-0.15, -0.1) is 0 Å². The maximum atomic E-state index is 12.3. The van der Waals surface area contributed by atoms with Gasteiger partial charge in [-0.05, 0) is 49.1 Å². The Bertz CT molecular complexity index is 529. The lowest BCUT2D eigenvalue weighted by atomic mass is 10.1. The average molecular weight is 307 g/mol. The van der Waals surface area contributed by atoms with Gasteiger partial charge in [-0.1, -0.05) is 0 Å². The Morgan fingerprint density at radius 3 is 2.81 bits per heavy atom. The predicted molar refractivity (Wildman–Crippen MR) is 82.0 cm³/mol. The van der Waals surface area contributed by atoms with E-state index in [1.165, 1.54) is 10.5 Å². The number of urea groups is 1. The highest BCUT2D eigenvalue weighted by Crippen LogP contribution is 2.33. The number of amides is 3. The van der Waals surface area contributed by atoms with Crippen LogP contribution in [0.5, 0.6) is 0 Å². The van der Waals surface area contributed by atoms with E-state index >= 15 is 0 Å². The number of hydrogen-bond acceptors (Lipinski definition) is 4. The van der Waals surface area contributed by atoms with Crippen LogP contribution in [0.3, 0.4) is 0 Å². The van der Waals surface area contributed by atoms with Crippen molar-refractivity contribution in [3.8, 4) is 0 Å². The van der Waals surface area contributed by atoms with Crippen LogP contribution in [-0.4, -0.2) is 52.4 Å². The van der Waals surface area contributed by atoms with Gasteiger partial charge in [0.15, 0.2) is 0 Å². The molecule has 1 atom stereocenters. The van der Waals surface area contributed by atoms with Crippen LogP contribution in [-0.2, 0) is 4.79 Å². The van der Waals surface area contributed by atoms with E-state index in [0.717, 1.165) is 19.4 Å². The first kappa shape index (κ1) is 14.5. The molecule has 0 aliphatic carbocycles. The van der Waals surface area contributed by atoms with Crippen molar-refractivity contribution in [2.45, 2.75) is 38.8 Å². The summed E-state index contributed by atoms with van der Waals surface area (Å²) in [6.45, 7) is 5.50. The Morgan fingerprint density at radius 1 is 1.38 bits per heavy atom. The first-order valence-corrected chi connectivity index (χ1v) is 8.39. The lowest BCUT2D eigenvalue weighted by Crippen LogP contribution is -2.42. The Morgan fingerprint density at radius 2 is 2.19 bits per heavy atom. The normalized spacial score (nSPS) is 23.9. The molecule has 2 saturated heterocycles. The van der Waals surface area contributed by atoms with Crippen LogP contribution in [0.4, 0.5) is 4.79 Å². The van der Waals surface area contributed by atoms with Gasteiger partial charge in [0, 0.05) is 18.6 Å². The minimum Gasteiger partial charge on any atom is -0.302 e. The second-order valence-electron chi connectivity index (χ2n) is 6.01. The standard InChI is InChI=1S/C15H21N3O2S/c1-11(2)18-14(19)8-17(15(18)20)10-16-6-3-4-13(16)12-5-7-21-9-12/h5,7,9,11,13H,3-4,6,8,10H2,1-2H3. The zero-order valence-electron chi connectivity index (χ0n) is 12.5.